The molecule has 0 bridgehead atoms. The smallest absolute Gasteiger partial charge is 0.326 e. The minimum atomic E-state index is -1.12. The predicted molar refractivity (Wildman–Crippen MR) is 78.8 cm³/mol. The molecule has 6 nitrogen and oxygen atoms in total. The van der Waals surface area contributed by atoms with Gasteiger partial charge in [-0.1, -0.05) is 32.4 Å². The number of carboxylic acid groups (broad SMARTS) is 1. The zero-order valence-corrected chi connectivity index (χ0v) is 12.2. The van der Waals surface area contributed by atoms with E-state index in [1.165, 1.54) is 12.1 Å². The average Bonchev–Trinajstić information content (AvgIpc) is 2.46. The van der Waals surface area contributed by atoms with Crippen LogP contribution in [0.3, 0.4) is 0 Å². The SMILES string of the molecule is CC[C@@H](C)[C@H](N)C(=O)N[C@@H](Cc1ccc(O)cc1)C(=O)O. The third-order valence-electron chi connectivity index (χ3n) is 3.55. The highest BCUT2D eigenvalue weighted by atomic mass is 16.4. The highest BCUT2D eigenvalue weighted by Crippen LogP contribution is 2.12. The van der Waals surface area contributed by atoms with E-state index in [2.05, 4.69) is 5.32 Å². The van der Waals surface area contributed by atoms with Crippen molar-refractivity contribution in [1.29, 1.82) is 0 Å². The number of hydrogen-bond acceptors (Lipinski definition) is 4. The van der Waals surface area contributed by atoms with E-state index in [1.54, 1.807) is 12.1 Å². The highest BCUT2D eigenvalue weighted by Gasteiger charge is 2.25. The van der Waals surface area contributed by atoms with Crippen molar-refractivity contribution in [2.24, 2.45) is 11.7 Å². The summed E-state index contributed by atoms with van der Waals surface area (Å²) >= 11 is 0. The number of carboxylic acids is 1. The van der Waals surface area contributed by atoms with Crippen LogP contribution in [-0.4, -0.2) is 34.2 Å². The first-order valence-corrected chi connectivity index (χ1v) is 6.91. The molecule has 0 fully saturated rings. The van der Waals surface area contributed by atoms with Gasteiger partial charge < -0.3 is 21.3 Å². The fraction of sp³-hybridized carbons (Fsp3) is 0.467. The minimum absolute atomic E-state index is 0.0203. The van der Waals surface area contributed by atoms with E-state index in [4.69, 9.17) is 5.73 Å². The molecule has 21 heavy (non-hydrogen) atoms. The first-order chi connectivity index (χ1) is 9.85. The number of aliphatic carboxylic acids is 1. The zero-order valence-electron chi connectivity index (χ0n) is 12.2. The largest absolute Gasteiger partial charge is 0.508 e. The Labute approximate surface area is 124 Å². The lowest BCUT2D eigenvalue weighted by Gasteiger charge is -2.21. The van der Waals surface area contributed by atoms with E-state index in [1.807, 2.05) is 13.8 Å². The molecule has 1 aromatic carbocycles. The number of nitrogens with one attached hydrogen (secondary N) is 1. The number of aromatic hydroxyl groups is 1. The van der Waals surface area contributed by atoms with Crippen LogP contribution in [0, 0.1) is 5.92 Å². The van der Waals surface area contributed by atoms with E-state index in [9.17, 15) is 19.8 Å². The number of phenolic OH excluding ortho intramolecular Hbond substituents is 1. The van der Waals surface area contributed by atoms with Crippen molar-refractivity contribution < 1.29 is 19.8 Å². The Bertz CT molecular complexity index is 487. The molecule has 0 aromatic heterocycles. The summed E-state index contributed by atoms with van der Waals surface area (Å²) in [5.41, 5.74) is 6.50. The van der Waals surface area contributed by atoms with Gasteiger partial charge in [0, 0.05) is 6.42 Å². The number of amides is 1. The lowest BCUT2D eigenvalue weighted by Crippen LogP contribution is -2.51. The summed E-state index contributed by atoms with van der Waals surface area (Å²) in [7, 11) is 0. The number of rotatable bonds is 7. The third kappa shape index (κ3) is 5.07. The van der Waals surface area contributed by atoms with Crippen molar-refractivity contribution in [3.05, 3.63) is 29.8 Å². The van der Waals surface area contributed by atoms with Crippen molar-refractivity contribution in [2.75, 3.05) is 0 Å². The Balaban J connectivity index is 2.72. The van der Waals surface area contributed by atoms with Gasteiger partial charge in [-0.2, -0.15) is 0 Å². The molecule has 1 aromatic rings. The van der Waals surface area contributed by atoms with Gasteiger partial charge in [-0.15, -0.1) is 0 Å². The van der Waals surface area contributed by atoms with E-state index in [0.29, 0.717) is 5.56 Å². The number of carbonyl (C=O) groups excluding carboxylic acids is 1. The lowest BCUT2D eigenvalue weighted by atomic mass is 9.98. The van der Waals surface area contributed by atoms with Crippen LogP contribution in [-0.2, 0) is 16.0 Å². The molecule has 0 aliphatic heterocycles. The number of nitrogens with two attached hydrogens (primary N) is 1. The standard InChI is InChI=1S/C15H22N2O4/c1-3-9(2)13(16)14(19)17-12(15(20)21)8-10-4-6-11(18)7-5-10/h4-7,9,12-13,18H,3,8,16H2,1-2H3,(H,17,19)(H,20,21)/t9-,12+,13+/m1/s1. The fourth-order valence-electron chi connectivity index (χ4n) is 1.85. The first-order valence-electron chi connectivity index (χ1n) is 6.91. The van der Waals surface area contributed by atoms with Gasteiger partial charge in [0.05, 0.1) is 6.04 Å². The Kier molecular flexibility index (Phi) is 6.17. The molecule has 116 valence electrons. The van der Waals surface area contributed by atoms with Gasteiger partial charge in [-0.05, 0) is 23.6 Å². The maximum absolute atomic E-state index is 12.0. The van der Waals surface area contributed by atoms with Gasteiger partial charge in [0.1, 0.15) is 11.8 Å². The summed E-state index contributed by atoms with van der Waals surface area (Å²) in [5, 5.41) is 20.9. The summed E-state index contributed by atoms with van der Waals surface area (Å²) in [5.74, 6) is -1.50. The van der Waals surface area contributed by atoms with Gasteiger partial charge in [-0.3, -0.25) is 4.79 Å². The van der Waals surface area contributed by atoms with E-state index < -0.39 is 24.0 Å². The van der Waals surface area contributed by atoms with Crippen LogP contribution in [0.25, 0.3) is 0 Å². The molecule has 5 N–H and O–H groups in total. The van der Waals surface area contributed by atoms with Crippen LogP contribution in [0.2, 0.25) is 0 Å². The molecule has 0 unspecified atom stereocenters. The molecule has 0 saturated heterocycles. The molecular weight excluding hydrogens is 272 g/mol. The second-order valence-corrected chi connectivity index (χ2v) is 5.18. The molecular formula is C15H22N2O4. The monoisotopic (exact) mass is 294 g/mol. The molecule has 0 spiro atoms. The van der Waals surface area contributed by atoms with Crippen LogP contribution in [0.1, 0.15) is 25.8 Å². The third-order valence-corrected chi connectivity index (χ3v) is 3.55. The van der Waals surface area contributed by atoms with Gasteiger partial charge in [0.25, 0.3) is 0 Å². The van der Waals surface area contributed by atoms with Crippen LogP contribution >= 0.6 is 0 Å². The highest BCUT2D eigenvalue weighted by molar-refractivity contribution is 5.87. The average molecular weight is 294 g/mol. The van der Waals surface area contributed by atoms with E-state index in [0.717, 1.165) is 6.42 Å². The van der Waals surface area contributed by atoms with Crippen molar-refractivity contribution in [3.63, 3.8) is 0 Å². The second-order valence-electron chi connectivity index (χ2n) is 5.18. The number of phenols is 1. The number of hydrogen-bond donors (Lipinski definition) is 4. The maximum Gasteiger partial charge on any atom is 0.326 e. The molecule has 0 heterocycles. The van der Waals surface area contributed by atoms with E-state index in [-0.39, 0.29) is 18.1 Å². The Hall–Kier alpha value is -2.08. The molecule has 0 saturated carbocycles. The molecule has 3 atom stereocenters. The topological polar surface area (TPSA) is 113 Å². The molecule has 0 aliphatic carbocycles. The molecule has 0 aliphatic rings. The summed E-state index contributed by atoms with van der Waals surface area (Å²) in [6, 6.07) is 4.41. The summed E-state index contributed by atoms with van der Waals surface area (Å²) < 4.78 is 0. The maximum atomic E-state index is 12.0. The molecule has 1 rings (SSSR count). The van der Waals surface area contributed by atoms with Gasteiger partial charge in [0.15, 0.2) is 0 Å². The summed E-state index contributed by atoms with van der Waals surface area (Å²) in [6.07, 6.45) is 0.874. The van der Waals surface area contributed by atoms with Gasteiger partial charge in [-0.25, -0.2) is 4.79 Å². The number of carbonyl (C=O) groups is 2. The van der Waals surface area contributed by atoms with Crippen LogP contribution < -0.4 is 11.1 Å². The normalized spacial score (nSPS) is 15.0. The second kappa shape index (κ2) is 7.64. The Morgan fingerprint density at radius 2 is 1.86 bits per heavy atom. The summed E-state index contributed by atoms with van der Waals surface area (Å²) in [6.45, 7) is 3.77. The van der Waals surface area contributed by atoms with Crippen LogP contribution in [0.5, 0.6) is 5.75 Å². The lowest BCUT2D eigenvalue weighted by molar-refractivity contribution is -0.142. The van der Waals surface area contributed by atoms with Crippen LogP contribution in [0.15, 0.2) is 24.3 Å². The molecule has 0 radical (unpaired) electrons. The minimum Gasteiger partial charge on any atom is -0.508 e. The van der Waals surface area contributed by atoms with Gasteiger partial charge in [0.2, 0.25) is 5.91 Å². The van der Waals surface area contributed by atoms with Crippen LogP contribution in [0.4, 0.5) is 0 Å². The number of benzene rings is 1. The quantitative estimate of drug-likeness (QED) is 0.596. The van der Waals surface area contributed by atoms with Crippen molar-refractivity contribution in [2.45, 2.75) is 38.8 Å². The Morgan fingerprint density at radius 1 is 1.29 bits per heavy atom. The molecule has 6 heteroatoms. The predicted octanol–water partition coefficient (Wildman–Crippen LogP) is 0.877. The van der Waals surface area contributed by atoms with Gasteiger partial charge >= 0.3 is 5.97 Å². The summed E-state index contributed by atoms with van der Waals surface area (Å²) in [4.78, 5) is 23.2. The van der Waals surface area contributed by atoms with Crippen molar-refractivity contribution in [3.8, 4) is 5.75 Å². The first kappa shape index (κ1) is 17.0. The van der Waals surface area contributed by atoms with Crippen molar-refractivity contribution >= 4 is 11.9 Å². The molecule has 1 amide bonds. The van der Waals surface area contributed by atoms with E-state index >= 15 is 0 Å². The zero-order chi connectivity index (χ0) is 16.0. The Morgan fingerprint density at radius 3 is 2.33 bits per heavy atom. The van der Waals surface area contributed by atoms with Crippen molar-refractivity contribution in [1.82, 2.24) is 5.32 Å². The fourth-order valence-corrected chi connectivity index (χ4v) is 1.85.